The molecule has 2 N–H and O–H groups in total. The highest BCUT2D eigenvalue weighted by Crippen LogP contribution is 2.37. The number of nitrogens with zero attached hydrogens (tertiary/aromatic N) is 6. The molecular formula is C29H37FN8O2. The van der Waals surface area contributed by atoms with E-state index in [1.165, 1.54) is 19.3 Å². The maximum atomic E-state index is 15.9. The monoisotopic (exact) mass is 548 g/mol. The van der Waals surface area contributed by atoms with E-state index >= 15 is 4.39 Å². The van der Waals surface area contributed by atoms with Crippen LogP contribution in [0.3, 0.4) is 0 Å². The van der Waals surface area contributed by atoms with E-state index in [0.29, 0.717) is 52.7 Å². The van der Waals surface area contributed by atoms with Gasteiger partial charge in [-0.25, -0.2) is 29.1 Å². The van der Waals surface area contributed by atoms with E-state index in [0.717, 1.165) is 25.7 Å². The summed E-state index contributed by atoms with van der Waals surface area (Å²) in [6.07, 6.45) is 9.74. The van der Waals surface area contributed by atoms with E-state index in [1.807, 2.05) is 13.8 Å². The molecule has 2 aliphatic carbocycles. The van der Waals surface area contributed by atoms with Crippen LogP contribution >= 0.6 is 0 Å². The fourth-order valence-corrected chi connectivity index (χ4v) is 6.03. The Kier molecular flexibility index (Phi) is 7.14. The molecule has 11 heteroatoms. The molecule has 0 saturated heterocycles. The molecule has 4 aromatic rings. The normalized spacial score (nSPS) is 20.6. The standard InChI is InChI=1S/C29H37FN8O2/c1-15(2)20-12-13-31-22(21(20)30)28-35-25-23(38(28)14-18-10-8-16(3)9-11-18)24(32-17(4)19-6-5-7-19)33-26(34-25)27-36-29(39)40-37-27/h12-13,15-19H,5-11,14H2,1-4H3,(H,32,33,34)(H,36,37,39). The first-order valence-corrected chi connectivity index (χ1v) is 14.5. The molecule has 6 rings (SSSR count). The summed E-state index contributed by atoms with van der Waals surface area (Å²) >= 11 is 0. The van der Waals surface area contributed by atoms with Crippen LogP contribution in [0.25, 0.3) is 34.3 Å². The summed E-state index contributed by atoms with van der Waals surface area (Å²) in [5, 5.41) is 7.43. The van der Waals surface area contributed by atoms with Crippen LogP contribution in [0.4, 0.5) is 10.2 Å². The largest absolute Gasteiger partial charge is 0.439 e. The van der Waals surface area contributed by atoms with Crippen LogP contribution < -0.4 is 11.1 Å². The highest BCUT2D eigenvalue weighted by atomic mass is 19.1. The number of pyridine rings is 1. The van der Waals surface area contributed by atoms with E-state index in [4.69, 9.17) is 14.5 Å². The van der Waals surface area contributed by atoms with Crippen LogP contribution in [0.5, 0.6) is 0 Å². The number of imidazole rings is 1. The number of halogens is 1. The summed E-state index contributed by atoms with van der Waals surface area (Å²) in [5.41, 5.74) is 1.92. The van der Waals surface area contributed by atoms with Crippen LogP contribution in [-0.2, 0) is 6.54 Å². The Morgan fingerprint density at radius 3 is 2.55 bits per heavy atom. The van der Waals surface area contributed by atoms with E-state index in [-0.39, 0.29) is 35.1 Å². The number of nitrogens with one attached hydrogen (secondary N) is 2. The number of H-pyrrole nitrogens is 1. The second-order valence-electron chi connectivity index (χ2n) is 12.0. The van der Waals surface area contributed by atoms with Crippen molar-refractivity contribution in [3.05, 3.63) is 34.2 Å². The fraction of sp³-hybridized carbons (Fsp3) is 0.586. The van der Waals surface area contributed by atoms with Gasteiger partial charge in [0.1, 0.15) is 11.2 Å². The number of rotatable bonds is 8. The van der Waals surface area contributed by atoms with Gasteiger partial charge in [0.25, 0.3) is 0 Å². The average molecular weight is 549 g/mol. The highest BCUT2D eigenvalue weighted by molar-refractivity contribution is 5.88. The van der Waals surface area contributed by atoms with Crippen molar-refractivity contribution >= 4 is 17.0 Å². The van der Waals surface area contributed by atoms with Crippen molar-refractivity contribution in [2.45, 2.75) is 91.1 Å². The summed E-state index contributed by atoms with van der Waals surface area (Å²) in [4.78, 5) is 33.1. The lowest BCUT2D eigenvalue weighted by Crippen LogP contribution is -2.31. The molecule has 0 radical (unpaired) electrons. The topological polar surface area (TPSA) is 127 Å². The van der Waals surface area contributed by atoms with Gasteiger partial charge in [0.05, 0.1) is 0 Å². The molecule has 2 fully saturated rings. The summed E-state index contributed by atoms with van der Waals surface area (Å²) < 4.78 is 22.7. The van der Waals surface area contributed by atoms with E-state index < -0.39 is 5.76 Å². The Balaban J connectivity index is 1.55. The third-order valence-corrected chi connectivity index (χ3v) is 8.81. The lowest BCUT2D eigenvalue weighted by molar-refractivity contribution is 0.267. The molecule has 1 atom stereocenters. The van der Waals surface area contributed by atoms with Gasteiger partial charge in [0, 0.05) is 18.8 Å². The molecule has 0 aliphatic heterocycles. The van der Waals surface area contributed by atoms with Gasteiger partial charge in [-0.2, -0.15) is 0 Å². The van der Waals surface area contributed by atoms with Gasteiger partial charge in [-0.15, -0.1) is 0 Å². The summed E-state index contributed by atoms with van der Waals surface area (Å²) in [6, 6.07) is 1.89. The second-order valence-corrected chi connectivity index (χ2v) is 12.0. The lowest BCUT2D eigenvalue weighted by Gasteiger charge is -2.32. The molecule has 2 saturated carbocycles. The Hall–Kier alpha value is -3.63. The van der Waals surface area contributed by atoms with Crippen molar-refractivity contribution in [2.75, 3.05) is 5.32 Å². The van der Waals surface area contributed by atoms with Crippen LogP contribution in [0.15, 0.2) is 21.6 Å². The molecule has 0 amide bonds. The van der Waals surface area contributed by atoms with Crippen molar-refractivity contribution in [2.24, 2.45) is 17.8 Å². The van der Waals surface area contributed by atoms with E-state index in [9.17, 15) is 4.79 Å². The first-order valence-electron chi connectivity index (χ1n) is 14.5. The second kappa shape index (κ2) is 10.7. The maximum Gasteiger partial charge on any atom is 0.439 e. The number of aromatic amines is 1. The van der Waals surface area contributed by atoms with Gasteiger partial charge in [0.2, 0.25) is 11.6 Å². The molecule has 0 bridgehead atoms. The molecule has 4 aromatic heterocycles. The third-order valence-electron chi connectivity index (χ3n) is 8.81. The first kappa shape index (κ1) is 26.6. The zero-order valence-corrected chi connectivity index (χ0v) is 23.6. The highest BCUT2D eigenvalue weighted by Gasteiger charge is 2.30. The summed E-state index contributed by atoms with van der Waals surface area (Å²) in [7, 11) is 0. The van der Waals surface area contributed by atoms with Crippen molar-refractivity contribution < 1.29 is 8.91 Å². The molecule has 40 heavy (non-hydrogen) atoms. The average Bonchev–Trinajstić information content (AvgIpc) is 3.48. The maximum absolute atomic E-state index is 15.9. The molecule has 4 heterocycles. The predicted octanol–water partition coefficient (Wildman–Crippen LogP) is 5.92. The predicted molar refractivity (Wildman–Crippen MR) is 150 cm³/mol. The molecule has 0 aromatic carbocycles. The van der Waals surface area contributed by atoms with Crippen LogP contribution in [0.2, 0.25) is 0 Å². The van der Waals surface area contributed by atoms with Crippen molar-refractivity contribution in [3.8, 4) is 23.2 Å². The van der Waals surface area contributed by atoms with Gasteiger partial charge >= 0.3 is 5.76 Å². The zero-order chi connectivity index (χ0) is 28.0. The molecule has 10 nitrogen and oxygen atoms in total. The van der Waals surface area contributed by atoms with Gasteiger partial charge in [-0.05, 0) is 67.9 Å². The quantitative estimate of drug-likeness (QED) is 0.278. The minimum Gasteiger partial charge on any atom is -0.365 e. The first-order chi connectivity index (χ1) is 19.3. The van der Waals surface area contributed by atoms with Crippen LogP contribution in [0.1, 0.15) is 84.1 Å². The molecule has 212 valence electrons. The number of hydrogen-bond donors (Lipinski definition) is 2. The van der Waals surface area contributed by atoms with Crippen molar-refractivity contribution in [3.63, 3.8) is 0 Å². The zero-order valence-electron chi connectivity index (χ0n) is 23.6. The number of aromatic nitrogens is 7. The van der Waals surface area contributed by atoms with Gasteiger partial charge < -0.3 is 9.88 Å². The van der Waals surface area contributed by atoms with Gasteiger partial charge in [0.15, 0.2) is 23.1 Å². The smallest absolute Gasteiger partial charge is 0.365 e. The third kappa shape index (κ3) is 5.01. The number of hydrogen-bond acceptors (Lipinski definition) is 8. The molecule has 2 aliphatic rings. The van der Waals surface area contributed by atoms with Crippen molar-refractivity contribution in [1.82, 2.24) is 34.6 Å². The minimum atomic E-state index is -0.689. The van der Waals surface area contributed by atoms with E-state index in [1.54, 1.807) is 12.3 Å². The van der Waals surface area contributed by atoms with Crippen molar-refractivity contribution in [1.29, 1.82) is 0 Å². The Morgan fingerprint density at radius 2 is 1.90 bits per heavy atom. The molecular weight excluding hydrogens is 511 g/mol. The number of fused-ring (bicyclic) bond motifs is 1. The Morgan fingerprint density at radius 1 is 1.12 bits per heavy atom. The SMILES string of the molecule is CC1CCC(Cn2c(-c3nccc(C(C)C)c3F)nc3nc(-c4noc(=O)[nH]4)nc(NC(C)C4CCC4)c32)CC1. The fourth-order valence-electron chi connectivity index (χ4n) is 6.03. The van der Waals surface area contributed by atoms with Crippen LogP contribution in [-0.4, -0.2) is 40.7 Å². The summed E-state index contributed by atoms with van der Waals surface area (Å²) in [5.74, 6) is 1.96. The number of anilines is 1. The van der Waals surface area contributed by atoms with Gasteiger partial charge in [-0.3, -0.25) is 9.51 Å². The minimum absolute atomic E-state index is 0.00431. The Labute approximate surface area is 232 Å². The van der Waals surface area contributed by atoms with Gasteiger partial charge in [-0.1, -0.05) is 45.2 Å². The lowest BCUT2D eigenvalue weighted by atomic mass is 9.80. The molecule has 0 spiro atoms. The van der Waals surface area contributed by atoms with E-state index in [2.05, 4.69) is 43.8 Å². The van der Waals surface area contributed by atoms with Crippen LogP contribution in [0, 0.1) is 23.6 Å². The Bertz CT molecular complexity index is 1560. The summed E-state index contributed by atoms with van der Waals surface area (Å²) in [6.45, 7) is 9.07. The molecule has 1 unspecified atom stereocenters.